The van der Waals surface area contributed by atoms with Crippen LogP contribution in [0.2, 0.25) is 0 Å². The second-order valence-corrected chi connectivity index (χ2v) is 7.05. The van der Waals surface area contributed by atoms with Crippen LogP contribution >= 0.6 is 0 Å². The molecule has 1 aromatic heterocycles. The standard InChI is InChI=1S/C21H23N3O3/c25-20-13-16(15-24(20)19-4-2-1-3-5-19)12-18-14-17(6-7-22-18)21(26)23-8-10-27-11-9-23/h1-7,14,16H,8-13,15H2/t16-/m0/s1. The highest BCUT2D eigenvalue weighted by Crippen LogP contribution is 2.27. The Morgan fingerprint density at radius 2 is 1.93 bits per heavy atom. The summed E-state index contributed by atoms with van der Waals surface area (Å²) < 4.78 is 5.31. The van der Waals surface area contributed by atoms with E-state index in [2.05, 4.69) is 4.98 Å². The minimum atomic E-state index is 0.0235. The molecule has 4 rings (SSSR count). The highest BCUT2D eigenvalue weighted by Gasteiger charge is 2.31. The van der Waals surface area contributed by atoms with Crippen LogP contribution in [0.1, 0.15) is 22.5 Å². The average Bonchev–Trinajstić information content (AvgIpc) is 3.09. The number of anilines is 1. The van der Waals surface area contributed by atoms with E-state index in [1.165, 1.54) is 0 Å². The quantitative estimate of drug-likeness (QED) is 0.833. The van der Waals surface area contributed by atoms with Gasteiger partial charge in [-0.05, 0) is 36.6 Å². The van der Waals surface area contributed by atoms with Crippen LogP contribution in [0.5, 0.6) is 0 Å². The SMILES string of the molecule is O=C(c1ccnc(C[C@H]2CC(=O)N(c3ccccc3)C2)c1)N1CCOCC1. The molecule has 0 unspecified atom stereocenters. The molecule has 6 heteroatoms. The van der Waals surface area contributed by atoms with Crippen molar-refractivity contribution in [2.75, 3.05) is 37.7 Å². The van der Waals surface area contributed by atoms with Crippen LogP contribution in [0.15, 0.2) is 48.7 Å². The lowest BCUT2D eigenvalue weighted by Gasteiger charge is -2.27. The topological polar surface area (TPSA) is 62.7 Å². The van der Waals surface area contributed by atoms with Gasteiger partial charge in [0.15, 0.2) is 0 Å². The van der Waals surface area contributed by atoms with Crippen LogP contribution < -0.4 is 4.90 Å². The summed E-state index contributed by atoms with van der Waals surface area (Å²) in [6.07, 6.45) is 2.90. The second kappa shape index (κ2) is 7.88. The number of hydrogen-bond acceptors (Lipinski definition) is 4. The van der Waals surface area contributed by atoms with E-state index < -0.39 is 0 Å². The van der Waals surface area contributed by atoms with Gasteiger partial charge in [0.25, 0.3) is 5.91 Å². The average molecular weight is 365 g/mol. The van der Waals surface area contributed by atoms with Gasteiger partial charge in [0.2, 0.25) is 5.91 Å². The molecule has 1 atom stereocenters. The van der Waals surface area contributed by atoms with E-state index in [0.29, 0.717) is 51.3 Å². The Labute approximate surface area is 158 Å². The normalized spacial score (nSPS) is 20.1. The molecule has 140 valence electrons. The van der Waals surface area contributed by atoms with Crippen molar-refractivity contribution in [3.63, 3.8) is 0 Å². The van der Waals surface area contributed by atoms with Crippen LogP contribution in [0.4, 0.5) is 5.69 Å². The Kier molecular flexibility index (Phi) is 5.16. The van der Waals surface area contributed by atoms with Crippen molar-refractivity contribution in [1.29, 1.82) is 0 Å². The van der Waals surface area contributed by atoms with Gasteiger partial charge in [0.1, 0.15) is 0 Å². The third kappa shape index (κ3) is 4.01. The molecule has 2 amide bonds. The lowest BCUT2D eigenvalue weighted by Crippen LogP contribution is -2.40. The molecule has 2 aliphatic heterocycles. The summed E-state index contributed by atoms with van der Waals surface area (Å²) in [6, 6.07) is 13.4. The Morgan fingerprint density at radius 1 is 1.15 bits per heavy atom. The summed E-state index contributed by atoms with van der Waals surface area (Å²) in [5.41, 5.74) is 2.46. The van der Waals surface area contributed by atoms with Crippen LogP contribution in [0.25, 0.3) is 0 Å². The smallest absolute Gasteiger partial charge is 0.254 e. The molecule has 0 N–H and O–H groups in total. The summed E-state index contributed by atoms with van der Waals surface area (Å²) >= 11 is 0. The lowest BCUT2D eigenvalue weighted by atomic mass is 10.0. The second-order valence-electron chi connectivity index (χ2n) is 7.05. The van der Waals surface area contributed by atoms with Crippen LogP contribution in [0, 0.1) is 5.92 Å². The van der Waals surface area contributed by atoms with Gasteiger partial charge in [-0.3, -0.25) is 14.6 Å². The van der Waals surface area contributed by atoms with Crippen molar-refractivity contribution in [1.82, 2.24) is 9.88 Å². The van der Waals surface area contributed by atoms with Crippen LogP contribution in [-0.4, -0.2) is 54.5 Å². The van der Waals surface area contributed by atoms with Crippen molar-refractivity contribution in [2.45, 2.75) is 12.8 Å². The third-order valence-corrected chi connectivity index (χ3v) is 5.13. The van der Waals surface area contributed by atoms with Gasteiger partial charge in [0.05, 0.1) is 13.2 Å². The number of para-hydroxylation sites is 1. The number of ether oxygens (including phenoxy) is 1. The summed E-state index contributed by atoms with van der Waals surface area (Å²) in [5.74, 6) is 0.376. The molecule has 0 radical (unpaired) electrons. The first kappa shape index (κ1) is 17.7. The first-order valence-corrected chi connectivity index (χ1v) is 9.38. The molecule has 3 heterocycles. The molecule has 2 aliphatic rings. The maximum Gasteiger partial charge on any atom is 0.254 e. The number of morpholine rings is 1. The van der Waals surface area contributed by atoms with Crippen molar-refractivity contribution in [3.8, 4) is 0 Å². The molecule has 0 aliphatic carbocycles. The minimum Gasteiger partial charge on any atom is -0.378 e. The molecule has 0 saturated carbocycles. The number of aromatic nitrogens is 1. The number of hydrogen-bond donors (Lipinski definition) is 0. The van der Waals surface area contributed by atoms with E-state index in [4.69, 9.17) is 4.74 Å². The van der Waals surface area contributed by atoms with Gasteiger partial charge >= 0.3 is 0 Å². The molecule has 6 nitrogen and oxygen atoms in total. The Bertz CT molecular complexity index is 818. The molecule has 2 saturated heterocycles. The summed E-state index contributed by atoms with van der Waals surface area (Å²) in [6.45, 7) is 3.11. The molecular formula is C21H23N3O3. The Balaban J connectivity index is 1.43. The highest BCUT2D eigenvalue weighted by atomic mass is 16.5. The maximum atomic E-state index is 12.7. The van der Waals surface area contributed by atoms with Crippen molar-refractivity contribution in [3.05, 3.63) is 59.9 Å². The number of benzene rings is 1. The van der Waals surface area contributed by atoms with Crippen molar-refractivity contribution < 1.29 is 14.3 Å². The zero-order valence-corrected chi connectivity index (χ0v) is 15.2. The number of amides is 2. The van der Waals surface area contributed by atoms with Crippen LogP contribution in [-0.2, 0) is 16.0 Å². The number of nitrogens with zero attached hydrogens (tertiary/aromatic N) is 3. The molecule has 2 fully saturated rings. The number of carbonyl (C=O) groups excluding carboxylic acids is 2. The lowest BCUT2D eigenvalue weighted by molar-refractivity contribution is -0.117. The van der Waals surface area contributed by atoms with Crippen molar-refractivity contribution in [2.24, 2.45) is 5.92 Å². The molecule has 1 aromatic carbocycles. The molecule has 27 heavy (non-hydrogen) atoms. The number of pyridine rings is 1. The summed E-state index contributed by atoms with van der Waals surface area (Å²) in [5, 5.41) is 0. The zero-order chi connectivity index (χ0) is 18.6. The van der Waals surface area contributed by atoms with Gasteiger partial charge in [-0.2, -0.15) is 0 Å². The minimum absolute atomic E-state index is 0.0235. The molecule has 0 spiro atoms. The largest absolute Gasteiger partial charge is 0.378 e. The van der Waals surface area contributed by atoms with Crippen LogP contribution in [0.3, 0.4) is 0 Å². The Hall–Kier alpha value is -2.73. The summed E-state index contributed by atoms with van der Waals surface area (Å²) in [7, 11) is 0. The van der Waals surface area contributed by atoms with Gasteiger partial charge in [-0.1, -0.05) is 18.2 Å². The molecule has 2 aromatic rings. The van der Waals surface area contributed by atoms with Gasteiger partial charge in [-0.15, -0.1) is 0 Å². The third-order valence-electron chi connectivity index (χ3n) is 5.13. The fraction of sp³-hybridized carbons (Fsp3) is 0.381. The predicted molar refractivity (Wildman–Crippen MR) is 102 cm³/mol. The van der Waals surface area contributed by atoms with E-state index in [0.717, 1.165) is 11.4 Å². The van der Waals surface area contributed by atoms with Gasteiger partial charge < -0.3 is 14.5 Å². The van der Waals surface area contributed by atoms with E-state index in [9.17, 15) is 9.59 Å². The van der Waals surface area contributed by atoms with E-state index in [-0.39, 0.29) is 17.7 Å². The highest BCUT2D eigenvalue weighted by molar-refractivity contribution is 5.96. The Morgan fingerprint density at radius 3 is 2.70 bits per heavy atom. The van der Waals surface area contributed by atoms with Gasteiger partial charge in [0, 0.05) is 49.2 Å². The van der Waals surface area contributed by atoms with Crippen molar-refractivity contribution >= 4 is 17.5 Å². The first-order valence-electron chi connectivity index (χ1n) is 9.38. The first-order chi connectivity index (χ1) is 13.2. The molecular weight excluding hydrogens is 342 g/mol. The van der Waals surface area contributed by atoms with Gasteiger partial charge in [-0.25, -0.2) is 0 Å². The van der Waals surface area contributed by atoms with E-state index >= 15 is 0 Å². The maximum absolute atomic E-state index is 12.7. The summed E-state index contributed by atoms with van der Waals surface area (Å²) in [4.78, 5) is 33.1. The molecule has 0 bridgehead atoms. The predicted octanol–water partition coefficient (Wildman–Crippen LogP) is 2.15. The van der Waals surface area contributed by atoms with E-state index in [1.54, 1.807) is 12.3 Å². The number of carbonyl (C=O) groups is 2. The fourth-order valence-electron chi connectivity index (χ4n) is 3.74. The fourth-order valence-corrected chi connectivity index (χ4v) is 3.74. The van der Waals surface area contributed by atoms with E-state index in [1.807, 2.05) is 46.2 Å². The zero-order valence-electron chi connectivity index (χ0n) is 15.2. The number of rotatable bonds is 4. The monoisotopic (exact) mass is 365 g/mol.